The highest BCUT2D eigenvalue weighted by Crippen LogP contribution is 2.27. The van der Waals surface area contributed by atoms with Crippen LogP contribution in [-0.2, 0) is 4.79 Å². The zero-order chi connectivity index (χ0) is 18.8. The Balaban J connectivity index is 1.60. The molecule has 27 heavy (non-hydrogen) atoms. The van der Waals surface area contributed by atoms with E-state index in [0.29, 0.717) is 0 Å². The van der Waals surface area contributed by atoms with Gasteiger partial charge in [0.05, 0.1) is 17.0 Å². The van der Waals surface area contributed by atoms with Gasteiger partial charge in [0.1, 0.15) is 6.33 Å². The smallest absolute Gasteiger partial charge is 0.232 e. The van der Waals surface area contributed by atoms with E-state index in [0.717, 1.165) is 27.4 Å². The highest BCUT2D eigenvalue weighted by Gasteiger charge is 2.24. The first kappa shape index (κ1) is 17.4. The lowest BCUT2D eigenvalue weighted by Crippen LogP contribution is -2.25. The molecule has 0 fully saturated rings. The molecule has 2 aromatic heterocycles. The van der Waals surface area contributed by atoms with E-state index in [1.54, 1.807) is 23.9 Å². The maximum atomic E-state index is 12.9. The summed E-state index contributed by atoms with van der Waals surface area (Å²) in [5.74, 6) is -0.00933. The zero-order valence-electron chi connectivity index (χ0n) is 15.2. The molecule has 0 aliphatic rings. The maximum absolute atomic E-state index is 12.9. The van der Waals surface area contributed by atoms with E-state index in [1.165, 1.54) is 0 Å². The van der Waals surface area contributed by atoms with E-state index >= 15 is 0 Å². The molecule has 0 radical (unpaired) electrons. The first-order valence-electron chi connectivity index (χ1n) is 8.86. The summed E-state index contributed by atoms with van der Waals surface area (Å²) < 4.78 is 1.95. The third-order valence-electron chi connectivity index (χ3n) is 4.55. The van der Waals surface area contributed by atoms with Crippen molar-refractivity contribution in [1.29, 1.82) is 0 Å². The van der Waals surface area contributed by atoms with Gasteiger partial charge >= 0.3 is 0 Å². The molecule has 1 amide bonds. The summed E-state index contributed by atoms with van der Waals surface area (Å²) in [6, 6.07) is 15.7. The van der Waals surface area contributed by atoms with Gasteiger partial charge in [-0.05, 0) is 29.7 Å². The first-order chi connectivity index (χ1) is 13.1. The second kappa shape index (κ2) is 7.32. The van der Waals surface area contributed by atoms with E-state index in [9.17, 15) is 4.79 Å². The molecule has 0 spiro atoms. The molecule has 2 aromatic carbocycles. The Morgan fingerprint density at radius 3 is 2.63 bits per heavy atom. The molecule has 136 valence electrons. The molecule has 1 N–H and O–H groups in total. The molecule has 0 aliphatic carbocycles. The van der Waals surface area contributed by atoms with Crippen LogP contribution >= 0.6 is 11.3 Å². The van der Waals surface area contributed by atoms with E-state index in [2.05, 4.69) is 29.1 Å². The Morgan fingerprint density at radius 2 is 1.93 bits per heavy atom. The van der Waals surface area contributed by atoms with E-state index in [-0.39, 0.29) is 17.7 Å². The summed E-state index contributed by atoms with van der Waals surface area (Å²) >= 11 is 1.56. The number of aromatic nitrogens is 3. The predicted molar refractivity (Wildman–Crippen MR) is 109 cm³/mol. The Kier molecular flexibility index (Phi) is 4.73. The van der Waals surface area contributed by atoms with Gasteiger partial charge < -0.3 is 5.32 Å². The summed E-state index contributed by atoms with van der Waals surface area (Å²) in [7, 11) is 0. The topological polar surface area (TPSA) is 59.8 Å². The lowest BCUT2D eigenvalue weighted by atomic mass is 9.87. The molecule has 4 rings (SSSR count). The number of amides is 1. The van der Waals surface area contributed by atoms with Crippen LogP contribution in [0.5, 0.6) is 0 Å². The molecule has 0 bridgehead atoms. The summed E-state index contributed by atoms with van der Waals surface area (Å²) in [5, 5.41) is 5.87. The molecule has 0 aliphatic heterocycles. The van der Waals surface area contributed by atoms with Gasteiger partial charge in [-0.3, -0.25) is 9.36 Å². The lowest BCUT2D eigenvalue weighted by molar-refractivity contribution is -0.118. The first-order valence-corrected chi connectivity index (χ1v) is 9.74. The summed E-state index contributed by atoms with van der Waals surface area (Å²) in [6.45, 7) is 4.13. The minimum atomic E-state index is -0.199. The van der Waals surface area contributed by atoms with E-state index in [1.807, 2.05) is 58.5 Å². The second-order valence-corrected chi connectivity index (χ2v) is 7.63. The van der Waals surface area contributed by atoms with Gasteiger partial charge in [0.15, 0.2) is 5.13 Å². The molecule has 0 saturated carbocycles. The maximum Gasteiger partial charge on any atom is 0.232 e. The molecule has 1 atom stereocenters. The largest absolute Gasteiger partial charge is 0.325 e. The number of thiazole rings is 1. The Morgan fingerprint density at radius 1 is 1.11 bits per heavy atom. The third kappa shape index (κ3) is 3.48. The number of benzene rings is 2. The van der Waals surface area contributed by atoms with Crippen molar-refractivity contribution >= 4 is 34.0 Å². The van der Waals surface area contributed by atoms with Gasteiger partial charge in [-0.1, -0.05) is 44.2 Å². The average Bonchev–Trinajstić information content (AvgIpc) is 3.31. The van der Waals surface area contributed by atoms with Gasteiger partial charge in [0.2, 0.25) is 5.91 Å². The van der Waals surface area contributed by atoms with Crippen molar-refractivity contribution < 1.29 is 4.79 Å². The Labute approximate surface area is 161 Å². The lowest BCUT2D eigenvalue weighted by Gasteiger charge is -2.20. The quantitative estimate of drug-likeness (QED) is 0.541. The average molecular weight is 376 g/mol. The number of hydrogen-bond donors (Lipinski definition) is 1. The summed E-state index contributed by atoms with van der Waals surface area (Å²) in [6.07, 6.45) is 3.53. The van der Waals surface area contributed by atoms with Crippen LogP contribution in [0, 0.1) is 5.92 Å². The van der Waals surface area contributed by atoms with E-state index < -0.39 is 0 Å². The van der Waals surface area contributed by atoms with Crippen molar-refractivity contribution in [3.05, 3.63) is 72.0 Å². The number of carbonyl (C=O) groups excluding carboxylic acids is 1. The highest BCUT2D eigenvalue weighted by atomic mass is 32.1. The number of imidazole rings is 1. The van der Waals surface area contributed by atoms with Crippen molar-refractivity contribution in [2.75, 3.05) is 5.32 Å². The molecular weight excluding hydrogens is 356 g/mol. The van der Waals surface area contributed by atoms with Crippen LogP contribution < -0.4 is 5.32 Å². The molecule has 1 unspecified atom stereocenters. The third-order valence-corrected chi connectivity index (χ3v) is 5.32. The molecule has 2 heterocycles. The van der Waals surface area contributed by atoms with Gasteiger partial charge in [0, 0.05) is 17.3 Å². The Hall–Kier alpha value is -2.99. The van der Waals surface area contributed by atoms with Crippen molar-refractivity contribution in [2.45, 2.75) is 19.8 Å². The molecule has 0 saturated heterocycles. The fraction of sp³-hybridized carbons (Fsp3) is 0.190. The molecule has 5 nitrogen and oxygen atoms in total. The van der Waals surface area contributed by atoms with Crippen molar-refractivity contribution in [1.82, 2.24) is 14.5 Å². The van der Waals surface area contributed by atoms with Crippen LogP contribution in [0.15, 0.2) is 66.4 Å². The van der Waals surface area contributed by atoms with Crippen LogP contribution in [-0.4, -0.2) is 20.4 Å². The normalized spacial score (nSPS) is 12.4. The summed E-state index contributed by atoms with van der Waals surface area (Å²) in [4.78, 5) is 21.7. The van der Waals surface area contributed by atoms with Crippen molar-refractivity contribution in [2.24, 2.45) is 5.92 Å². The van der Waals surface area contributed by atoms with Gasteiger partial charge in [-0.2, -0.15) is 0 Å². The zero-order valence-corrected chi connectivity index (χ0v) is 16.0. The van der Waals surface area contributed by atoms with Gasteiger partial charge in [-0.25, -0.2) is 9.97 Å². The number of fused-ring (bicyclic) bond motifs is 1. The minimum Gasteiger partial charge on any atom is -0.325 e. The van der Waals surface area contributed by atoms with Crippen LogP contribution in [0.3, 0.4) is 0 Å². The fourth-order valence-electron chi connectivity index (χ4n) is 3.30. The Bertz CT molecular complexity index is 1050. The van der Waals surface area contributed by atoms with Crippen LogP contribution in [0.2, 0.25) is 0 Å². The van der Waals surface area contributed by atoms with Crippen LogP contribution in [0.25, 0.3) is 16.2 Å². The number of nitrogens with zero attached hydrogens (tertiary/aromatic N) is 3. The fourth-order valence-corrected chi connectivity index (χ4v) is 3.92. The second-order valence-electron chi connectivity index (χ2n) is 6.75. The van der Waals surface area contributed by atoms with Gasteiger partial charge in [-0.15, -0.1) is 11.3 Å². The van der Waals surface area contributed by atoms with Crippen LogP contribution in [0.1, 0.15) is 25.3 Å². The minimum absolute atomic E-state index is 0.00472. The molecule has 6 heteroatoms. The predicted octanol–water partition coefficient (Wildman–Crippen LogP) is 4.86. The van der Waals surface area contributed by atoms with Crippen molar-refractivity contribution in [3.8, 4) is 5.13 Å². The number of nitrogens with one attached hydrogen (secondary N) is 1. The number of hydrogen-bond acceptors (Lipinski definition) is 4. The van der Waals surface area contributed by atoms with Crippen LogP contribution in [0.4, 0.5) is 5.69 Å². The molecular formula is C21H20N4OS. The SMILES string of the molecule is CC(C)C(C(=O)Nc1ccc2c(c1)ncn2-c1nccs1)c1ccccc1. The van der Waals surface area contributed by atoms with E-state index in [4.69, 9.17) is 0 Å². The number of carbonyl (C=O) groups is 1. The van der Waals surface area contributed by atoms with Gasteiger partial charge in [0.25, 0.3) is 0 Å². The standard InChI is InChI=1S/C21H20N4OS/c1-14(2)19(15-6-4-3-5-7-15)20(26)24-16-8-9-18-17(12-16)23-13-25(18)21-22-10-11-27-21/h3-14,19H,1-2H3,(H,24,26). The monoisotopic (exact) mass is 376 g/mol. The molecule has 4 aromatic rings. The summed E-state index contributed by atoms with van der Waals surface area (Å²) in [5.41, 5.74) is 3.56. The van der Waals surface area contributed by atoms with Crippen molar-refractivity contribution in [3.63, 3.8) is 0 Å². The number of anilines is 1. The number of rotatable bonds is 5. The highest BCUT2D eigenvalue weighted by molar-refractivity contribution is 7.12.